The van der Waals surface area contributed by atoms with Gasteiger partial charge in [-0.25, -0.2) is 5.43 Å². The molecule has 2 heterocycles. The molecule has 0 aromatic rings. The van der Waals surface area contributed by atoms with Crippen molar-refractivity contribution in [2.24, 2.45) is 10.5 Å². The lowest BCUT2D eigenvalue weighted by Gasteiger charge is -2.34. The molecule has 2 rings (SSSR count). The highest BCUT2D eigenvalue weighted by Crippen LogP contribution is 2.26. The van der Waals surface area contributed by atoms with Crippen molar-refractivity contribution in [3.8, 4) is 0 Å². The van der Waals surface area contributed by atoms with Gasteiger partial charge in [0.05, 0.1) is 0 Å². The first kappa shape index (κ1) is 13.0. The van der Waals surface area contributed by atoms with E-state index in [0.717, 1.165) is 25.9 Å². The van der Waals surface area contributed by atoms with Crippen LogP contribution in [-0.2, 0) is 9.59 Å². The second-order valence-corrected chi connectivity index (χ2v) is 5.34. The van der Waals surface area contributed by atoms with Crippen LogP contribution >= 0.6 is 0 Å². The van der Waals surface area contributed by atoms with Crippen molar-refractivity contribution in [3.05, 3.63) is 0 Å². The highest BCUT2D eigenvalue weighted by atomic mass is 16.2. The first-order valence-electron chi connectivity index (χ1n) is 6.43. The highest BCUT2D eigenvalue weighted by Gasteiger charge is 2.28. The van der Waals surface area contributed by atoms with Crippen LogP contribution in [0.1, 0.15) is 32.6 Å². The molecule has 6 nitrogen and oxygen atoms in total. The topological polar surface area (TPSA) is 82.6 Å². The summed E-state index contributed by atoms with van der Waals surface area (Å²) in [6, 6.07) is 0. The molecule has 0 bridgehead atoms. The number of hydrazone groups is 1. The van der Waals surface area contributed by atoms with Gasteiger partial charge >= 0.3 is 0 Å². The van der Waals surface area contributed by atoms with Crippen LogP contribution in [0.4, 0.5) is 0 Å². The van der Waals surface area contributed by atoms with Crippen molar-refractivity contribution >= 4 is 17.5 Å². The molecule has 0 unspecified atom stereocenters. The summed E-state index contributed by atoms with van der Waals surface area (Å²) in [5, 5.41) is 10.0. The Morgan fingerprint density at radius 2 is 2.11 bits per heavy atom. The van der Waals surface area contributed by atoms with Gasteiger partial charge in [-0.3, -0.25) is 9.59 Å². The predicted molar refractivity (Wildman–Crippen MR) is 68.0 cm³/mol. The maximum absolute atomic E-state index is 11.9. The Morgan fingerprint density at radius 3 is 2.72 bits per heavy atom. The maximum atomic E-state index is 11.9. The van der Waals surface area contributed by atoms with Crippen LogP contribution in [0.25, 0.3) is 0 Å². The molecule has 2 aliphatic heterocycles. The van der Waals surface area contributed by atoms with Crippen LogP contribution in [0.3, 0.4) is 0 Å². The number of hydrogen-bond donors (Lipinski definition) is 3. The molecule has 100 valence electrons. The Morgan fingerprint density at radius 1 is 1.39 bits per heavy atom. The number of piperidine rings is 1. The Kier molecular flexibility index (Phi) is 3.96. The number of carbonyl (C=O) groups is 2. The third kappa shape index (κ3) is 3.29. The Hall–Kier alpha value is -1.43. The van der Waals surface area contributed by atoms with Gasteiger partial charge in [0.1, 0.15) is 5.71 Å². The van der Waals surface area contributed by atoms with Crippen molar-refractivity contribution in [2.45, 2.75) is 32.6 Å². The quantitative estimate of drug-likeness (QED) is 0.648. The molecule has 1 fully saturated rings. The summed E-state index contributed by atoms with van der Waals surface area (Å²) in [7, 11) is 0. The minimum atomic E-state index is -0.158. The standard InChI is InChI=1S/C12H20N4O2/c1-12(4-6-13-7-5-12)8-14-11(18)9-2-3-10(17)16-15-9/h13H,2-8H2,1H3,(H,14,18)(H,16,17). The third-order valence-corrected chi connectivity index (χ3v) is 3.65. The van der Waals surface area contributed by atoms with Gasteiger partial charge in [0.2, 0.25) is 5.91 Å². The van der Waals surface area contributed by atoms with E-state index in [4.69, 9.17) is 0 Å². The molecule has 3 N–H and O–H groups in total. The number of nitrogens with one attached hydrogen (secondary N) is 3. The average Bonchev–Trinajstić information content (AvgIpc) is 2.38. The Bertz CT molecular complexity index is 372. The molecule has 0 atom stereocenters. The van der Waals surface area contributed by atoms with Crippen LogP contribution in [0, 0.1) is 5.41 Å². The average molecular weight is 252 g/mol. The molecule has 1 saturated heterocycles. The van der Waals surface area contributed by atoms with Gasteiger partial charge in [0.25, 0.3) is 5.91 Å². The minimum absolute atomic E-state index is 0.128. The van der Waals surface area contributed by atoms with E-state index in [1.165, 1.54) is 0 Å². The first-order valence-corrected chi connectivity index (χ1v) is 6.43. The van der Waals surface area contributed by atoms with Gasteiger partial charge in [-0.2, -0.15) is 5.10 Å². The zero-order valence-corrected chi connectivity index (χ0v) is 10.7. The second kappa shape index (κ2) is 5.48. The van der Waals surface area contributed by atoms with Gasteiger partial charge in [-0.05, 0) is 31.3 Å². The SMILES string of the molecule is CC1(CNC(=O)C2=NNC(=O)CC2)CCNCC1. The first-order chi connectivity index (χ1) is 8.59. The van der Waals surface area contributed by atoms with E-state index in [1.54, 1.807) is 0 Å². The molecule has 0 aliphatic carbocycles. The normalized spacial score (nSPS) is 22.9. The van der Waals surface area contributed by atoms with Gasteiger partial charge in [0.15, 0.2) is 0 Å². The summed E-state index contributed by atoms with van der Waals surface area (Å²) in [6.07, 6.45) is 2.90. The summed E-state index contributed by atoms with van der Waals surface area (Å²) in [4.78, 5) is 22.8. The molecule has 0 aromatic heterocycles. The molecule has 2 amide bonds. The zero-order chi connectivity index (χ0) is 13.0. The molecule has 0 radical (unpaired) electrons. The van der Waals surface area contributed by atoms with Crippen molar-refractivity contribution in [2.75, 3.05) is 19.6 Å². The predicted octanol–water partition coefficient (Wildman–Crippen LogP) is -0.242. The fourth-order valence-electron chi connectivity index (χ4n) is 2.24. The third-order valence-electron chi connectivity index (χ3n) is 3.65. The number of hydrogen-bond acceptors (Lipinski definition) is 4. The van der Waals surface area contributed by atoms with Crippen LogP contribution < -0.4 is 16.1 Å². The van der Waals surface area contributed by atoms with Crippen LogP contribution in [0.2, 0.25) is 0 Å². The molecule has 0 saturated carbocycles. The molecule has 6 heteroatoms. The summed E-state index contributed by atoms with van der Waals surface area (Å²) < 4.78 is 0. The van der Waals surface area contributed by atoms with Crippen LogP contribution in [0.5, 0.6) is 0 Å². The van der Waals surface area contributed by atoms with Gasteiger partial charge in [0, 0.05) is 19.4 Å². The van der Waals surface area contributed by atoms with Crippen molar-refractivity contribution < 1.29 is 9.59 Å². The van der Waals surface area contributed by atoms with E-state index >= 15 is 0 Å². The number of nitrogens with zero attached hydrogens (tertiary/aromatic N) is 1. The van der Waals surface area contributed by atoms with E-state index in [-0.39, 0.29) is 17.2 Å². The molecule has 18 heavy (non-hydrogen) atoms. The highest BCUT2D eigenvalue weighted by molar-refractivity contribution is 6.39. The van der Waals surface area contributed by atoms with Gasteiger partial charge < -0.3 is 10.6 Å². The van der Waals surface area contributed by atoms with Crippen molar-refractivity contribution in [3.63, 3.8) is 0 Å². The van der Waals surface area contributed by atoms with Crippen molar-refractivity contribution in [1.82, 2.24) is 16.1 Å². The lowest BCUT2D eigenvalue weighted by Crippen LogP contribution is -2.45. The van der Waals surface area contributed by atoms with E-state index < -0.39 is 0 Å². The molecule has 0 spiro atoms. The second-order valence-electron chi connectivity index (χ2n) is 5.34. The largest absolute Gasteiger partial charge is 0.350 e. The van der Waals surface area contributed by atoms with E-state index in [0.29, 0.717) is 25.1 Å². The lowest BCUT2D eigenvalue weighted by atomic mass is 9.81. The monoisotopic (exact) mass is 252 g/mol. The van der Waals surface area contributed by atoms with Crippen molar-refractivity contribution in [1.29, 1.82) is 0 Å². The molecule has 2 aliphatic rings. The Balaban J connectivity index is 1.82. The number of amides is 2. The fraction of sp³-hybridized carbons (Fsp3) is 0.750. The zero-order valence-electron chi connectivity index (χ0n) is 10.7. The maximum Gasteiger partial charge on any atom is 0.267 e. The summed E-state index contributed by atoms with van der Waals surface area (Å²) in [6.45, 7) is 4.87. The smallest absolute Gasteiger partial charge is 0.267 e. The van der Waals surface area contributed by atoms with Crippen LogP contribution in [-0.4, -0.2) is 37.2 Å². The fourth-order valence-corrected chi connectivity index (χ4v) is 2.24. The van der Waals surface area contributed by atoms with E-state index in [1.807, 2.05) is 0 Å². The van der Waals surface area contributed by atoms with Crippen LogP contribution in [0.15, 0.2) is 5.10 Å². The molecular weight excluding hydrogens is 232 g/mol. The molecule has 0 aromatic carbocycles. The summed E-state index contributed by atoms with van der Waals surface area (Å²) in [5.74, 6) is -0.286. The lowest BCUT2D eigenvalue weighted by molar-refractivity contribution is -0.121. The van der Waals surface area contributed by atoms with E-state index in [9.17, 15) is 9.59 Å². The minimum Gasteiger partial charge on any atom is -0.350 e. The number of rotatable bonds is 3. The summed E-state index contributed by atoms with van der Waals surface area (Å²) in [5.41, 5.74) is 2.93. The Labute approximate surface area is 107 Å². The summed E-state index contributed by atoms with van der Waals surface area (Å²) >= 11 is 0. The molecular formula is C12H20N4O2. The van der Waals surface area contributed by atoms with Gasteiger partial charge in [-0.1, -0.05) is 6.92 Å². The van der Waals surface area contributed by atoms with Gasteiger partial charge in [-0.15, -0.1) is 0 Å². The number of carbonyl (C=O) groups excluding carboxylic acids is 2. The van der Waals surface area contributed by atoms with E-state index in [2.05, 4.69) is 28.1 Å².